The van der Waals surface area contributed by atoms with Gasteiger partial charge in [-0.25, -0.2) is 0 Å². The van der Waals surface area contributed by atoms with Crippen LogP contribution in [0.2, 0.25) is 0 Å². The first kappa shape index (κ1) is 17.0. The molecule has 2 aromatic rings. The van der Waals surface area contributed by atoms with E-state index < -0.39 is 0 Å². The van der Waals surface area contributed by atoms with E-state index in [1.54, 1.807) is 0 Å². The third kappa shape index (κ3) is 2.74. The summed E-state index contributed by atoms with van der Waals surface area (Å²) in [7, 11) is 0. The maximum Gasteiger partial charge on any atom is 0.199 e. The van der Waals surface area contributed by atoms with Gasteiger partial charge in [0.2, 0.25) is 0 Å². The molecule has 4 heteroatoms. The third-order valence-electron chi connectivity index (χ3n) is 5.54. The highest BCUT2D eigenvalue weighted by Crippen LogP contribution is 2.40. The summed E-state index contributed by atoms with van der Waals surface area (Å²) >= 11 is 5.66. The molecule has 0 radical (unpaired) electrons. The van der Waals surface area contributed by atoms with Crippen molar-refractivity contribution in [2.24, 2.45) is 0 Å². The number of nitrogens with zero attached hydrogens (tertiary/aromatic N) is 2. The summed E-state index contributed by atoms with van der Waals surface area (Å²) in [6.45, 7) is 4.43. The minimum Gasteiger partial charge on any atom is -0.275 e. The normalized spacial score (nSPS) is 22.6. The molecule has 3 nitrogen and oxygen atoms in total. The Bertz CT molecular complexity index is 1000. The van der Waals surface area contributed by atoms with E-state index in [-0.39, 0.29) is 5.41 Å². The second-order valence-corrected chi connectivity index (χ2v) is 7.56. The highest BCUT2D eigenvalue weighted by Gasteiger charge is 2.35. The number of aromatic amines is 1. The Morgan fingerprint density at radius 1 is 1.19 bits per heavy atom. The van der Waals surface area contributed by atoms with Crippen LogP contribution in [0.4, 0.5) is 0 Å². The van der Waals surface area contributed by atoms with E-state index in [9.17, 15) is 0 Å². The Balaban J connectivity index is 1.94. The molecule has 0 spiro atoms. The van der Waals surface area contributed by atoms with Crippen LogP contribution in [0.1, 0.15) is 44.5 Å². The molecule has 1 aromatic carbocycles. The van der Waals surface area contributed by atoms with Gasteiger partial charge in [0, 0.05) is 11.3 Å². The molecule has 0 fully saturated rings. The van der Waals surface area contributed by atoms with Gasteiger partial charge in [-0.2, -0.15) is 5.10 Å². The van der Waals surface area contributed by atoms with E-state index >= 15 is 0 Å². The highest BCUT2D eigenvalue weighted by atomic mass is 32.1. The molecule has 0 saturated heterocycles. The van der Waals surface area contributed by atoms with Crippen molar-refractivity contribution in [1.82, 2.24) is 14.8 Å². The van der Waals surface area contributed by atoms with E-state index in [0.29, 0.717) is 4.77 Å². The molecular formula is C22H23N3S. The molecule has 26 heavy (non-hydrogen) atoms. The number of hydrogen-bond donors (Lipinski definition) is 1. The molecule has 4 rings (SSSR count). The largest absolute Gasteiger partial charge is 0.275 e. The summed E-state index contributed by atoms with van der Waals surface area (Å²) in [5, 5.41) is 7.73. The molecule has 2 aliphatic rings. The summed E-state index contributed by atoms with van der Waals surface area (Å²) in [4.78, 5) is 0. The van der Waals surface area contributed by atoms with Gasteiger partial charge in [-0.1, -0.05) is 66.3 Å². The average Bonchev–Trinajstić information content (AvgIpc) is 3.07. The fraction of sp³-hybridized carbons (Fsp3) is 0.273. The molecule has 0 bridgehead atoms. The van der Waals surface area contributed by atoms with Crippen molar-refractivity contribution in [1.29, 1.82) is 0 Å². The summed E-state index contributed by atoms with van der Waals surface area (Å²) in [5.41, 5.74) is 4.83. The Labute approximate surface area is 159 Å². The smallest absolute Gasteiger partial charge is 0.199 e. The van der Waals surface area contributed by atoms with Crippen molar-refractivity contribution in [2.45, 2.75) is 38.5 Å². The minimum absolute atomic E-state index is 0.154. The molecule has 132 valence electrons. The Kier molecular flexibility index (Phi) is 4.37. The van der Waals surface area contributed by atoms with Crippen LogP contribution in [0.3, 0.4) is 0 Å². The van der Waals surface area contributed by atoms with Crippen molar-refractivity contribution in [2.75, 3.05) is 0 Å². The van der Waals surface area contributed by atoms with Gasteiger partial charge in [-0.05, 0) is 50.9 Å². The van der Waals surface area contributed by atoms with E-state index in [2.05, 4.69) is 89.3 Å². The first-order valence-electron chi connectivity index (χ1n) is 9.08. The van der Waals surface area contributed by atoms with Crippen molar-refractivity contribution >= 4 is 23.5 Å². The fourth-order valence-corrected chi connectivity index (χ4v) is 4.05. The van der Waals surface area contributed by atoms with E-state index in [1.165, 1.54) is 22.4 Å². The van der Waals surface area contributed by atoms with Gasteiger partial charge < -0.3 is 0 Å². The lowest BCUT2D eigenvalue weighted by atomic mass is 9.76. The minimum atomic E-state index is -0.154. The van der Waals surface area contributed by atoms with Crippen LogP contribution in [-0.4, -0.2) is 14.8 Å². The first-order valence-corrected chi connectivity index (χ1v) is 9.49. The maximum atomic E-state index is 5.66. The molecule has 1 atom stereocenters. The van der Waals surface area contributed by atoms with Gasteiger partial charge in [0.1, 0.15) is 5.82 Å². The molecule has 1 N–H and O–H groups in total. The van der Waals surface area contributed by atoms with Crippen LogP contribution in [-0.2, 0) is 5.41 Å². The van der Waals surface area contributed by atoms with Gasteiger partial charge in [0.05, 0.1) is 5.41 Å². The first-order chi connectivity index (χ1) is 12.6. The number of benzene rings is 1. The lowest BCUT2D eigenvalue weighted by Crippen LogP contribution is -2.29. The summed E-state index contributed by atoms with van der Waals surface area (Å²) in [5.74, 6) is 0.999. The number of allylic oxidation sites excluding steroid dienone is 8. The molecule has 0 amide bonds. The molecule has 1 unspecified atom stereocenters. The fourth-order valence-electron chi connectivity index (χ4n) is 3.81. The van der Waals surface area contributed by atoms with E-state index in [0.717, 1.165) is 25.1 Å². The lowest BCUT2D eigenvalue weighted by molar-refractivity contribution is 0.510. The second kappa shape index (κ2) is 6.69. The monoisotopic (exact) mass is 361 g/mol. The SMILES string of the molecule is CC1=CC=CCC1(C)c1n[nH]c(=S)n1C1=C(c2ccccc2)C=CCC1. The van der Waals surface area contributed by atoms with E-state index in [1.807, 2.05) is 0 Å². The molecular weight excluding hydrogens is 338 g/mol. The zero-order chi connectivity index (χ0) is 18.1. The van der Waals surface area contributed by atoms with Gasteiger partial charge in [-0.15, -0.1) is 0 Å². The van der Waals surface area contributed by atoms with Crippen LogP contribution in [0.15, 0.2) is 66.3 Å². The second-order valence-electron chi connectivity index (χ2n) is 7.17. The Hall–Kier alpha value is -2.46. The summed E-state index contributed by atoms with van der Waals surface area (Å²) in [6, 6.07) is 10.5. The van der Waals surface area contributed by atoms with Crippen molar-refractivity contribution in [3.05, 3.63) is 82.4 Å². The van der Waals surface area contributed by atoms with Crippen molar-refractivity contribution < 1.29 is 0 Å². The van der Waals surface area contributed by atoms with Gasteiger partial charge in [-0.3, -0.25) is 9.67 Å². The van der Waals surface area contributed by atoms with Gasteiger partial charge >= 0.3 is 0 Å². The summed E-state index contributed by atoms with van der Waals surface area (Å²) < 4.78 is 2.85. The number of aromatic nitrogens is 3. The number of rotatable bonds is 3. The number of hydrogen-bond acceptors (Lipinski definition) is 2. The molecule has 0 aliphatic heterocycles. The topological polar surface area (TPSA) is 33.6 Å². The number of nitrogens with one attached hydrogen (secondary N) is 1. The predicted molar refractivity (Wildman–Crippen MR) is 110 cm³/mol. The summed E-state index contributed by atoms with van der Waals surface area (Å²) in [6.07, 6.45) is 13.9. The van der Waals surface area contributed by atoms with Crippen LogP contribution >= 0.6 is 12.2 Å². The van der Waals surface area contributed by atoms with Crippen LogP contribution in [0.5, 0.6) is 0 Å². The molecule has 0 saturated carbocycles. The molecule has 1 heterocycles. The van der Waals surface area contributed by atoms with Gasteiger partial charge in [0.25, 0.3) is 0 Å². The van der Waals surface area contributed by atoms with Crippen LogP contribution < -0.4 is 0 Å². The zero-order valence-corrected chi connectivity index (χ0v) is 16.0. The van der Waals surface area contributed by atoms with Gasteiger partial charge in [0.15, 0.2) is 4.77 Å². The quantitative estimate of drug-likeness (QED) is 0.699. The Morgan fingerprint density at radius 2 is 2.00 bits per heavy atom. The molecule has 1 aromatic heterocycles. The van der Waals surface area contributed by atoms with Crippen LogP contribution in [0, 0.1) is 4.77 Å². The highest BCUT2D eigenvalue weighted by molar-refractivity contribution is 7.71. The molecule has 2 aliphatic carbocycles. The lowest BCUT2D eigenvalue weighted by Gasteiger charge is -2.32. The third-order valence-corrected chi connectivity index (χ3v) is 5.82. The van der Waals surface area contributed by atoms with Crippen LogP contribution in [0.25, 0.3) is 11.3 Å². The Morgan fingerprint density at radius 3 is 2.77 bits per heavy atom. The zero-order valence-electron chi connectivity index (χ0n) is 15.2. The standard InChI is InChI=1S/C22H23N3S/c1-16-10-8-9-15-22(16,2)20-23-24-21(26)25(20)19-14-7-6-13-18(19)17-11-4-3-5-12-17/h3-6,8-13H,7,14-15H2,1-2H3,(H,24,26). The van der Waals surface area contributed by atoms with Crippen molar-refractivity contribution in [3.8, 4) is 0 Å². The predicted octanol–water partition coefficient (Wildman–Crippen LogP) is 5.82. The average molecular weight is 362 g/mol. The maximum absolute atomic E-state index is 5.66. The van der Waals surface area contributed by atoms with Crippen molar-refractivity contribution in [3.63, 3.8) is 0 Å². The number of H-pyrrole nitrogens is 1. The van der Waals surface area contributed by atoms with E-state index in [4.69, 9.17) is 12.2 Å².